The lowest BCUT2D eigenvalue weighted by atomic mass is 10.2. The number of allylic oxidation sites excluding steroid dienone is 2. The maximum atomic E-state index is 10.6. The van der Waals surface area contributed by atoms with Crippen molar-refractivity contribution in [2.45, 2.75) is 0 Å². The van der Waals surface area contributed by atoms with E-state index in [0.717, 1.165) is 11.6 Å². The molecule has 0 radical (unpaired) electrons. The Morgan fingerprint density at radius 1 is 1.22 bits per heavy atom. The molecule has 0 aromatic heterocycles. The minimum atomic E-state index is -1.47. The number of hydrogen-bond acceptors (Lipinski definition) is 3. The minimum Gasteiger partial charge on any atom is -0.497 e. The average Bonchev–Trinajstić information content (AvgIpc) is 2.34. The molecule has 0 aliphatic rings. The molecule has 0 unspecified atom stereocenters. The highest BCUT2D eigenvalue weighted by molar-refractivity contribution is 6.12. The fraction of sp³-hybridized carbons (Fsp3) is 0.0769. The van der Waals surface area contributed by atoms with Gasteiger partial charge in [-0.3, -0.25) is 0 Å². The van der Waals surface area contributed by atoms with Crippen LogP contribution in [0.3, 0.4) is 0 Å². The molecule has 0 bridgehead atoms. The number of carboxylic acids is 2. The lowest BCUT2D eigenvalue weighted by Gasteiger charge is -1.99. The van der Waals surface area contributed by atoms with E-state index in [1.54, 1.807) is 30.3 Å². The zero-order chi connectivity index (χ0) is 13.5. The summed E-state index contributed by atoms with van der Waals surface area (Å²) in [6.45, 7) is 0. The maximum absolute atomic E-state index is 10.6. The van der Waals surface area contributed by atoms with Gasteiger partial charge in [0.15, 0.2) is 0 Å². The molecule has 0 amide bonds. The Morgan fingerprint density at radius 2 is 1.89 bits per heavy atom. The second kappa shape index (κ2) is 6.24. The van der Waals surface area contributed by atoms with Crippen LogP contribution in [0.2, 0.25) is 0 Å². The molecule has 0 aliphatic heterocycles. The Hall–Kier alpha value is -2.56. The van der Waals surface area contributed by atoms with Crippen molar-refractivity contribution in [3.05, 3.63) is 47.6 Å². The van der Waals surface area contributed by atoms with Gasteiger partial charge in [-0.25, -0.2) is 9.59 Å². The number of aliphatic carboxylic acids is 2. The number of benzene rings is 1. The largest absolute Gasteiger partial charge is 0.497 e. The third-order valence-corrected chi connectivity index (χ3v) is 2.11. The van der Waals surface area contributed by atoms with Gasteiger partial charge in [-0.2, -0.15) is 0 Å². The SMILES string of the molecule is COc1cccc(/C=C/C=C(C(=O)O)C(=O)O)c1. The van der Waals surface area contributed by atoms with Gasteiger partial charge < -0.3 is 14.9 Å². The molecule has 5 nitrogen and oxygen atoms in total. The van der Waals surface area contributed by atoms with Crippen LogP contribution in [0.5, 0.6) is 5.75 Å². The molecule has 0 saturated carbocycles. The van der Waals surface area contributed by atoms with Gasteiger partial charge in [0.25, 0.3) is 0 Å². The summed E-state index contributed by atoms with van der Waals surface area (Å²) in [5.41, 5.74) is 0.0925. The molecule has 1 aromatic carbocycles. The molecule has 0 aliphatic carbocycles. The third-order valence-electron chi connectivity index (χ3n) is 2.11. The molecule has 0 saturated heterocycles. The van der Waals surface area contributed by atoms with Crippen LogP contribution < -0.4 is 4.74 Å². The third kappa shape index (κ3) is 3.79. The van der Waals surface area contributed by atoms with E-state index < -0.39 is 17.5 Å². The van der Waals surface area contributed by atoms with Gasteiger partial charge in [0, 0.05) is 0 Å². The predicted octanol–water partition coefficient (Wildman–Crippen LogP) is 1.80. The monoisotopic (exact) mass is 248 g/mol. The van der Waals surface area contributed by atoms with Crippen molar-refractivity contribution < 1.29 is 24.5 Å². The summed E-state index contributed by atoms with van der Waals surface area (Å²) < 4.78 is 5.02. The zero-order valence-corrected chi connectivity index (χ0v) is 9.66. The highest BCUT2D eigenvalue weighted by Crippen LogP contribution is 2.13. The molecule has 1 rings (SSSR count). The van der Waals surface area contributed by atoms with E-state index in [9.17, 15) is 9.59 Å². The van der Waals surface area contributed by atoms with Crippen molar-refractivity contribution >= 4 is 18.0 Å². The summed E-state index contributed by atoms with van der Waals surface area (Å²) in [5.74, 6) is -2.28. The van der Waals surface area contributed by atoms with E-state index in [1.165, 1.54) is 13.2 Å². The molecule has 0 fully saturated rings. The van der Waals surface area contributed by atoms with Crippen LogP contribution in [0.25, 0.3) is 6.08 Å². The molecule has 0 spiro atoms. The summed E-state index contributed by atoms with van der Waals surface area (Å²) in [7, 11) is 1.54. The van der Waals surface area contributed by atoms with Gasteiger partial charge in [0.05, 0.1) is 7.11 Å². The van der Waals surface area contributed by atoms with Gasteiger partial charge in [0.1, 0.15) is 11.3 Å². The Bertz CT molecular complexity index is 498. The van der Waals surface area contributed by atoms with Crippen LogP contribution in [0.1, 0.15) is 5.56 Å². The lowest BCUT2D eigenvalue weighted by Crippen LogP contribution is -2.10. The molecule has 94 valence electrons. The number of rotatable bonds is 5. The van der Waals surface area contributed by atoms with E-state index in [0.29, 0.717) is 5.75 Å². The zero-order valence-electron chi connectivity index (χ0n) is 9.66. The maximum Gasteiger partial charge on any atom is 0.343 e. The summed E-state index contributed by atoms with van der Waals surface area (Å²) in [6, 6.07) is 7.07. The number of carbonyl (C=O) groups is 2. The quantitative estimate of drug-likeness (QED) is 0.359. The molecular formula is C13H12O5. The van der Waals surface area contributed by atoms with Crippen molar-refractivity contribution in [1.29, 1.82) is 0 Å². The second-order valence-electron chi connectivity index (χ2n) is 3.33. The topological polar surface area (TPSA) is 83.8 Å². The molecule has 1 aromatic rings. The van der Waals surface area contributed by atoms with Gasteiger partial charge in [-0.1, -0.05) is 24.3 Å². The van der Waals surface area contributed by atoms with E-state index in [2.05, 4.69) is 0 Å². The van der Waals surface area contributed by atoms with Crippen LogP contribution in [-0.4, -0.2) is 29.3 Å². The Kier molecular flexibility index (Phi) is 4.68. The standard InChI is InChI=1S/C13H12O5/c1-18-10-6-2-4-9(8-10)5-3-7-11(12(14)15)13(16)17/h2-8H,1H3,(H,14,15)(H,16,17)/b5-3+. The second-order valence-corrected chi connectivity index (χ2v) is 3.33. The van der Waals surface area contributed by atoms with Crippen LogP contribution in [-0.2, 0) is 9.59 Å². The fourth-order valence-corrected chi connectivity index (χ4v) is 1.23. The number of methoxy groups -OCH3 is 1. The lowest BCUT2D eigenvalue weighted by molar-refractivity contribution is -0.140. The van der Waals surface area contributed by atoms with Gasteiger partial charge in [-0.15, -0.1) is 0 Å². The summed E-state index contributed by atoms with van der Waals surface area (Å²) in [5, 5.41) is 17.2. The first-order valence-corrected chi connectivity index (χ1v) is 5.03. The van der Waals surface area contributed by atoms with Crippen LogP contribution >= 0.6 is 0 Å². The molecule has 18 heavy (non-hydrogen) atoms. The smallest absolute Gasteiger partial charge is 0.343 e. The van der Waals surface area contributed by atoms with Gasteiger partial charge in [-0.05, 0) is 23.8 Å². The number of carboxylic acid groups (broad SMARTS) is 2. The van der Waals surface area contributed by atoms with Crippen LogP contribution in [0, 0.1) is 0 Å². The van der Waals surface area contributed by atoms with Crippen molar-refractivity contribution in [1.82, 2.24) is 0 Å². The fourth-order valence-electron chi connectivity index (χ4n) is 1.23. The Labute approximate surface area is 104 Å². The van der Waals surface area contributed by atoms with Gasteiger partial charge >= 0.3 is 11.9 Å². The molecular weight excluding hydrogens is 236 g/mol. The Morgan fingerprint density at radius 3 is 2.44 bits per heavy atom. The first kappa shape index (κ1) is 13.5. The summed E-state index contributed by atoms with van der Waals surface area (Å²) >= 11 is 0. The molecule has 0 atom stereocenters. The number of ether oxygens (including phenoxy) is 1. The highest BCUT2D eigenvalue weighted by atomic mass is 16.5. The highest BCUT2D eigenvalue weighted by Gasteiger charge is 2.13. The molecule has 0 heterocycles. The predicted molar refractivity (Wildman–Crippen MR) is 65.4 cm³/mol. The van der Waals surface area contributed by atoms with Crippen molar-refractivity contribution in [2.24, 2.45) is 0 Å². The normalized spacial score (nSPS) is 10.1. The first-order valence-electron chi connectivity index (χ1n) is 5.03. The molecule has 5 heteroatoms. The van der Waals surface area contributed by atoms with E-state index in [1.807, 2.05) is 0 Å². The number of hydrogen-bond donors (Lipinski definition) is 2. The molecule has 2 N–H and O–H groups in total. The first-order chi connectivity index (χ1) is 8.54. The van der Waals surface area contributed by atoms with Gasteiger partial charge in [0.2, 0.25) is 0 Å². The minimum absolute atomic E-state index is 0.665. The van der Waals surface area contributed by atoms with Crippen molar-refractivity contribution in [2.75, 3.05) is 7.11 Å². The van der Waals surface area contributed by atoms with E-state index in [-0.39, 0.29) is 0 Å². The van der Waals surface area contributed by atoms with Crippen LogP contribution in [0.15, 0.2) is 42.0 Å². The summed E-state index contributed by atoms with van der Waals surface area (Å²) in [4.78, 5) is 21.2. The van der Waals surface area contributed by atoms with E-state index >= 15 is 0 Å². The van der Waals surface area contributed by atoms with Crippen molar-refractivity contribution in [3.8, 4) is 5.75 Å². The average molecular weight is 248 g/mol. The van der Waals surface area contributed by atoms with Crippen molar-refractivity contribution in [3.63, 3.8) is 0 Å². The Balaban J connectivity index is 2.89. The van der Waals surface area contributed by atoms with Crippen LogP contribution in [0.4, 0.5) is 0 Å². The summed E-state index contributed by atoms with van der Waals surface area (Å²) in [6.07, 6.45) is 3.99. The van der Waals surface area contributed by atoms with E-state index in [4.69, 9.17) is 14.9 Å².